The van der Waals surface area contributed by atoms with Crippen molar-refractivity contribution in [3.05, 3.63) is 11.6 Å². The maximum absolute atomic E-state index is 12.0. The van der Waals surface area contributed by atoms with Crippen LogP contribution in [0.2, 0.25) is 0 Å². The lowest BCUT2D eigenvalue weighted by Gasteiger charge is -2.15. The summed E-state index contributed by atoms with van der Waals surface area (Å²) in [6.07, 6.45) is 2.26. The average molecular weight is 282 g/mol. The van der Waals surface area contributed by atoms with Crippen LogP contribution in [-0.4, -0.2) is 25.2 Å². The van der Waals surface area contributed by atoms with Crippen LogP contribution in [0.5, 0.6) is 0 Å². The predicted molar refractivity (Wildman–Crippen MR) is 76.9 cm³/mol. The van der Waals surface area contributed by atoms with E-state index >= 15 is 0 Å². The lowest BCUT2D eigenvalue weighted by Crippen LogP contribution is -2.22. The first kappa shape index (κ1) is 16.7. The molecule has 0 amide bonds. The third-order valence-corrected chi connectivity index (χ3v) is 3.21. The fourth-order valence-electron chi connectivity index (χ4n) is 2.06. The number of hydrogen-bond acceptors (Lipinski definition) is 4. The van der Waals surface area contributed by atoms with Gasteiger partial charge < -0.3 is 9.47 Å². The summed E-state index contributed by atoms with van der Waals surface area (Å²) in [4.78, 5) is 23.9. The summed E-state index contributed by atoms with van der Waals surface area (Å²) in [5.41, 5.74) is 0.602. The summed E-state index contributed by atoms with van der Waals surface area (Å²) in [6, 6.07) is 0. The smallest absolute Gasteiger partial charge is 0.333 e. The molecule has 0 aromatic carbocycles. The molecule has 0 aliphatic heterocycles. The van der Waals surface area contributed by atoms with Gasteiger partial charge in [-0.3, -0.25) is 4.79 Å². The quantitative estimate of drug-likeness (QED) is 0.703. The van der Waals surface area contributed by atoms with E-state index in [0.717, 1.165) is 0 Å². The third kappa shape index (κ3) is 4.99. The molecular formula is C16H26O4. The molecule has 0 radical (unpaired) electrons. The molecule has 0 aromatic rings. The van der Waals surface area contributed by atoms with Crippen molar-refractivity contribution in [1.82, 2.24) is 0 Å². The highest BCUT2D eigenvalue weighted by atomic mass is 16.5. The van der Waals surface area contributed by atoms with Gasteiger partial charge >= 0.3 is 11.9 Å². The SMILES string of the molecule is CC(C)COC(=O)C1=CC(C)C(C(=O)OCC(C)C)C1. The first-order chi connectivity index (χ1) is 9.31. The third-order valence-electron chi connectivity index (χ3n) is 3.21. The van der Waals surface area contributed by atoms with Crippen LogP contribution in [0.4, 0.5) is 0 Å². The molecule has 0 aromatic heterocycles. The van der Waals surface area contributed by atoms with E-state index in [0.29, 0.717) is 37.0 Å². The molecule has 0 bridgehead atoms. The Balaban J connectivity index is 2.50. The van der Waals surface area contributed by atoms with Crippen molar-refractivity contribution in [2.75, 3.05) is 13.2 Å². The molecule has 0 spiro atoms. The molecule has 114 valence electrons. The topological polar surface area (TPSA) is 52.6 Å². The summed E-state index contributed by atoms with van der Waals surface area (Å²) >= 11 is 0. The summed E-state index contributed by atoms with van der Waals surface area (Å²) in [5, 5.41) is 0. The van der Waals surface area contributed by atoms with Crippen LogP contribution in [0.3, 0.4) is 0 Å². The normalized spacial score (nSPS) is 22.1. The van der Waals surface area contributed by atoms with E-state index in [-0.39, 0.29) is 23.8 Å². The molecule has 0 N–H and O–H groups in total. The summed E-state index contributed by atoms with van der Waals surface area (Å²) in [7, 11) is 0. The molecule has 4 nitrogen and oxygen atoms in total. The standard InChI is InChI=1S/C16H26O4/c1-10(2)8-19-15(17)13-6-12(5)14(7-13)16(18)20-9-11(3)4/h6,10-12,14H,7-9H2,1-5H3. The lowest BCUT2D eigenvalue weighted by atomic mass is 9.97. The lowest BCUT2D eigenvalue weighted by molar-refractivity contribution is -0.150. The van der Waals surface area contributed by atoms with Crippen LogP contribution >= 0.6 is 0 Å². The zero-order valence-electron chi connectivity index (χ0n) is 13.1. The van der Waals surface area contributed by atoms with Gasteiger partial charge in [0.15, 0.2) is 0 Å². The molecule has 1 rings (SSSR count). The minimum Gasteiger partial charge on any atom is -0.465 e. The monoisotopic (exact) mass is 282 g/mol. The first-order valence-electron chi connectivity index (χ1n) is 7.35. The maximum Gasteiger partial charge on any atom is 0.333 e. The minimum atomic E-state index is -0.301. The van der Waals surface area contributed by atoms with Gasteiger partial charge in [-0.15, -0.1) is 0 Å². The van der Waals surface area contributed by atoms with E-state index in [4.69, 9.17) is 9.47 Å². The summed E-state index contributed by atoms with van der Waals surface area (Å²) < 4.78 is 10.5. The van der Waals surface area contributed by atoms with Crippen molar-refractivity contribution in [2.45, 2.75) is 41.0 Å². The average Bonchev–Trinajstić information content (AvgIpc) is 2.75. The van der Waals surface area contributed by atoms with E-state index < -0.39 is 0 Å². The van der Waals surface area contributed by atoms with Crippen LogP contribution in [0.1, 0.15) is 41.0 Å². The molecule has 0 saturated carbocycles. The maximum atomic E-state index is 12.0. The molecule has 1 aliphatic carbocycles. The number of rotatable bonds is 6. The Hall–Kier alpha value is -1.32. The highest BCUT2D eigenvalue weighted by Gasteiger charge is 2.34. The van der Waals surface area contributed by atoms with Crippen LogP contribution in [0.15, 0.2) is 11.6 Å². The zero-order chi connectivity index (χ0) is 15.3. The van der Waals surface area contributed by atoms with Crippen molar-refractivity contribution in [3.63, 3.8) is 0 Å². The van der Waals surface area contributed by atoms with Gasteiger partial charge in [0.2, 0.25) is 0 Å². The van der Waals surface area contributed by atoms with E-state index in [1.54, 1.807) is 0 Å². The number of carbonyl (C=O) groups is 2. The molecule has 20 heavy (non-hydrogen) atoms. The van der Waals surface area contributed by atoms with Crippen LogP contribution in [-0.2, 0) is 19.1 Å². The van der Waals surface area contributed by atoms with Gasteiger partial charge in [0.25, 0.3) is 0 Å². The largest absolute Gasteiger partial charge is 0.465 e. The summed E-state index contributed by atoms with van der Waals surface area (Å²) in [5.74, 6) is -0.116. The van der Waals surface area contributed by atoms with Gasteiger partial charge in [0.1, 0.15) is 0 Å². The molecule has 0 heterocycles. The van der Waals surface area contributed by atoms with E-state index in [9.17, 15) is 9.59 Å². The van der Waals surface area contributed by atoms with Crippen molar-refractivity contribution < 1.29 is 19.1 Å². The second kappa shape index (κ2) is 7.46. The van der Waals surface area contributed by atoms with E-state index in [1.165, 1.54) is 0 Å². The molecule has 1 aliphatic rings. The van der Waals surface area contributed by atoms with E-state index in [2.05, 4.69) is 0 Å². The second-order valence-electron chi connectivity index (χ2n) is 6.38. The number of allylic oxidation sites excluding steroid dienone is 1. The number of carbonyl (C=O) groups excluding carboxylic acids is 2. The van der Waals surface area contributed by atoms with Gasteiger partial charge in [0, 0.05) is 5.57 Å². The predicted octanol–water partition coefficient (Wildman–Crippen LogP) is 2.97. The Morgan fingerprint density at radius 1 is 1.15 bits per heavy atom. The van der Waals surface area contributed by atoms with Crippen molar-refractivity contribution in [2.24, 2.45) is 23.7 Å². The Bertz CT molecular complexity index is 382. The molecule has 0 saturated heterocycles. The highest BCUT2D eigenvalue weighted by molar-refractivity contribution is 5.91. The summed E-state index contributed by atoms with van der Waals surface area (Å²) in [6.45, 7) is 10.7. The first-order valence-corrected chi connectivity index (χ1v) is 7.35. The van der Waals surface area contributed by atoms with Crippen LogP contribution < -0.4 is 0 Å². The second-order valence-corrected chi connectivity index (χ2v) is 6.38. The Morgan fingerprint density at radius 3 is 2.25 bits per heavy atom. The minimum absolute atomic E-state index is 0.0243. The van der Waals surface area contributed by atoms with Crippen LogP contribution in [0.25, 0.3) is 0 Å². The van der Waals surface area contributed by atoms with Gasteiger partial charge in [-0.25, -0.2) is 4.79 Å². The van der Waals surface area contributed by atoms with Crippen molar-refractivity contribution >= 4 is 11.9 Å². The van der Waals surface area contributed by atoms with Crippen LogP contribution in [0, 0.1) is 23.7 Å². The molecule has 2 atom stereocenters. The number of hydrogen-bond donors (Lipinski definition) is 0. The van der Waals surface area contributed by atoms with Gasteiger partial charge in [-0.1, -0.05) is 40.7 Å². The Morgan fingerprint density at radius 2 is 1.70 bits per heavy atom. The Kier molecular flexibility index (Phi) is 6.24. The molecule has 4 heteroatoms. The fourth-order valence-corrected chi connectivity index (χ4v) is 2.06. The van der Waals surface area contributed by atoms with E-state index in [1.807, 2.05) is 40.7 Å². The van der Waals surface area contributed by atoms with Gasteiger partial charge in [0.05, 0.1) is 19.1 Å². The fraction of sp³-hybridized carbons (Fsp3) is 0.750. The highest BCUT2D eigenvalue weighted by Crippen LogP contribution is 2.32. The Labute approximate surface area is 121 Å². The van der Waals surface area contributed by atoms with Crippen molar-refractivity contribution in [1.29, 1.82) is 0 Å². The van der Waals surface area contributed by atoms with Crippen molar-refractivity contribution in [3.8, 4) is 0 Å². The number of ether oxygens (including phenoxy) is 2. The molecule has 0 fully saturated rings. The molecule has 2 unspecified atom stereocenters. The molecular weight excluding hydrogens is 256 g/mol. The zero-order valence-corrected chi connectivity index (χ0v) is 13.1. The number of esters is 2. The van der Waals surface area contributed by atoms with Gasteiger partial charge in [-0.05, 0) is 24.2 Å². The van der Waals surface area contributed by atoms with Gasteiger partial charge in [-0.2, -0.15) is 0 Å².